The molecule has 0 bridgehead atoms. The Morgan fingerprint density at radius 3 is 2.66 bits per heavy atom. The SMILES string of the molecule is C[C@@H]1C(=O)N[C@H](CCCN)C(=O)NCCCc2ccc(F)cc2OCCN[C@@H](C2CC2)C(=O)N1C. The monoisotopic (exact) mass is 491 g/mol. The summed E-state index contributed by atoms with van der Waals surface area (Å²) in [6.45, 7) is 3.13. The van der Waals surface area contributed by atoms with E-state index in [2.05, 4.69) is 16.0 Å². The number of fused-ring (bicyclic) bond motifs is 1. The van der Waals surface area contributed by atoms with Gasteiger partial charge in [0.1, 0.15) is 30.3 Å². The van der Waals surface area contributed by atoms with Crippen molar-refractivity contribution in [3.05, 3.63) is 29.6 Å². The second kappa shape index (κ2) is 12.8. The second-order valence-corrected chi connectivity index (χ2v) is 9.38. The van der Waals surface area contributed by atoms with Gasteiger partial charge >= 0.3 is 0 Å². The molecule has 0 aromatic heterocycles. The van der Waals surface area contributed by atoms with Gasteiger partial charge in [0.2, 0.25) is 17.7 Å². The maximum Gasteiger partial charge on any atom is 0.243 e. The van der Waals surface area contributed by atoms with Gasteiger partial charge in [0, 0.05) is 26.2 Å². The molecule has 2 aliphatic rings. The Kier molecular flexibility index (Phi) is 9.85. The van der Waals surface area contributed by atoms with Gasteiger partial charge in [-0.3, -0.25) is 14.4 Å². The second-order valence-electron chi connectivity index (χ2n) is 9.38. The quantitative estimate of drug-likeness (QED) is 0.492. The number of nitrogens with two attached hydrogens (primary N) is 1. The van der Waals surface area contributed by atoms with Crippen molar-refractivity contribution in [3.63, 3.8) is 0 Å². The van der Waals surface area contributed by atoms with Gasteiger partial charge in [0.25, 0.3) is 0 Å². The first kappa shape index (κ1) is 26.9. The number of rotatable bonds is 4. The van der Waals surface area contributed by atoms with Crippen LogP contribution in [0.5, 0.6) is 5.75 Å². The normalized spacial score (nSPS) is 25.5. The molecule has 0 spiro atoms. The Bertz CT molecular complexity index is 895. The summed E-state index contributed by atoms with van der Waals surface area (Å²) < 4.78 is 19.7. The lowest BCUT2D eigenvalue weighted by Crippen LogP contribution is -2.56. The maximum atomic E-state index is 13.8. The zero-order valence-corrected chi connectivity index (χ0v) is 20.6. The van der Waals surface area contributed by atoms with E-state index in [0.29, 0.717) is 51.1 Å². The fourth-order valence-electron chi connectivity index (χ4n) is 4.21. The number of nitrogens with zero attached hydrogens (tertiary/aromatic N) is 1. The molecular formula is C25H38FN5O4. The molecule has 1 fully saturated rings. The molecule has 3 atom stereocenters. The fraction of sp³-hybridized carbons (Fsp3) is 0.640. The van der Waals surface area contributed by atoms with Gasteiger partial charge in [-0.25, -0.2) is 4.39 Å². The average Bonchev–Trinajstić information content (AvgIpc) is 3.68. The highest BCUT2D eigenvalue weighted by Gasteiger charge is 2.39. The minimum Gasteiger partial charge on any atom is -0.492 e. The molecule has 194 valence electrons. The van der Waals surface area contributed by atoms with Crippen LogP contribution in [0, 0.1) is 11.7 Å². The summed E-state index contributed by atoms with van der Waals surface area (Å²) in [7, 11) is 1.60. The zero-order valence-electron chi connectivity index (χ0n) is 20.6. The van der Waals surface area contributed by atoms with Crippen LogP contribution < -0.4 is 26.4 Å². The van der Waals surface area contributed by atoms with Gasteiger partial charge in [-0.15, -0.1) is 0 Å². The minimum atomic E-state index is -0.747. The summed E-state index contributed by atoms with van der Waals surface area (Å²) >= 11 is 0. The van der Waals surface area contributed by atoms with Crippen LogP contribution in [0.2, 0.25) is 0 Å². The van der Waals surface area contributed by atoms with Crippen molar-refractivity contribution in [1.29, 1.82) is 0 Å². The molecule has 5 N–H and O–H groups in total. The maximum absolute atomic E-state index is 13.8. The van der Waals surface area contributed by atoms with Gasteiger partial charge in [0.15, 0.2) is 0 Å². The van der Waals surface area contributed by atoms with E-state index in [1.54, 1.807) is 20.0 Å². The molecule has 1 aliphatic carbocycles. The third-order valence-electron chi connectivity index (χ3n) is 6.67. The van der Waals surface area contributed by atoms with Crippen molar-refractivity contribution in [2.45, 2.75) is 63.6 Å². The number of ether oxygens (including phenoxy) is 1. The Hall–Kier alpha value is -2.72. The number of likely N-dealkylation sites (N-methyl/N-ethyl adjacent to an activating group) is 1. The first-order chi connectivity index (χ1) is 16.8. The zero-order chi connectivity index (χ0) is 25.4. The summed E-state index contributed by atoms with van der Waals surface area (Å²) in [5.74, 6) is -0.556. The van der Waals surface area contributed by atoms with E-state index >= 15 is 0 Å². The van der Waals surface area contributed by atoms with Crippen molar-refractivity contribution in [2.75, 3.05) is 33.3 Å². The molecule has 9 nitrogen and oxygen atoms in total. The van der Waals surface area contributed by atoms with Crippen LogP contribution >= 0.6 is 0 Å². The molecule has 35 heavy (non-hydrogen) atoms. The summed E-state index contributed by atoms with van der Waals surface area (Å²) in [4.78, 5) is 40.4. The molecule has 3 amide bonds. The van der Waals surface area contributed by atoms with E-state index in [4.69, 9.17) is 10.5 Å². The molecule has 3 rings (SSSR count). The predicted octanol–water partition coefficient (Wildman–Crippen LogP) is 0.706. The van der Waals surface area contributed by atoms with E-state index < -0.39 is 18.1 Å². The number of hydrogen-bond donors (Lipinski definition) is 4. The molecule has 1 aromatic carbocycles. The smallest absolute Gasteiger partial charge is 0.243 e. The number of hydrogen-bond acceptors (Lipinski definition) is 6. The summed E-state index contributed by atoms with van der Waals surface area (Å²) in [5, 5.41) is 8.95. The van der Waals surface area contributed by atoms with Gasteiger partial charge in [-0.1, -0.05) is 6.07 Å². The molecule has 0 saturated heterocycles. The lowest BCUT2D eigenvalue weighted by molar-refractivity contribution is -0.141. The molecule has 0 unspecified atom stereocenters. The Labute approximate surface area is 206 Å². The van der Waals surface area contributed by atoms with Crippen LogP contribution in [-0.2, 0) is 20.8 Å². The van der Waals surface area contributed by atoms with E-state index in [1.165, 1.54) is 17.0 Å². The van der Waals surface area contributed by atoms with Gasteiger partial charge < -0.3 is 31.3 Å². The Balaban J connectivity index is 1.79. The molecule has 1 aromatic rings. The van der Waals surface area contributed by atoms with Gasteiger partial charge in [0.05, 0.1) is 6.04 Å². The minimum absolute atomic E-state index is 0.175. The topological polar surface area (TPSA) is 126 Å². The van der Waals surface area contributed by atoms with Crippen LogP contribution in [0.4, 0.5) is 4.39 Å². The number of nitrogens with one attached hydrogen (secondary N) is 3. The number of benzene rings is 1. The highest BCUT2D eigenvalue weighted by molar-refractivity contribution is 5.93. The third-order valence-corrected chi connectivity index (χ3v) is 6.67. The standard InChI is InChI=1S/C25H38FN5O4/c1-16-23(32)30-20(6-3-11-27)24(33)29-12-4-5-17-9-10-19(26)15-21(17)35-14-13-28-22(18-7-8-18)25(34)31(16)2/h9-10,15-16,18,20,22,28H,3-8,11-14,27H2,1-2H3,(H,29,33)(H,30,32)/t16-,20-,22+/m1/s1. The lowest BCUT2D eigenvalue weighted by atomic mass is 10.1. The van der Waals surface area contributed by atoms with E-state index in [1.807, 2.05) is 0 Å². The number of carbonyl (C=O) groups is 3. The first-order valence-corrected chi connectivity index (χ1v) is 12.5. The predicted molar refractivity (Wildman–Crippen MR) is 130 cm³/mol. The number of carbonyl (C=O) groups excluding carboxylic acids is 3. The van der Waals surface area contributed by atoms with Crippen molar-refractivity contribution in [1.82, 2.24) is 20.9 Å². The van der Waals surface area contributed by atoms with Crippen molar-refractivity contribution >= 4 is 17.7 Å². The van der Waals surface area contributed by atoms with E-state index in [9.17, 15) is 18.8 Å². The van der Waals surface area contributed by atoms with Crippen LogP contribution in [0.1, 0.15) is 44.6 Å². The highest BCUT2D eigenvalue weighted by atomic mass is 19.1. The van der Waals surface area contributed by atoms with Crippen LogP contribution in [0.15, 0.2) is 18.2 Å². The highest BCUT2D eigenvalue weighted by Crippen LogP contribution is 2.33. The molecule has 0 radical (unpaired) electrons. The van der Waals surface area contributed by atoms with E-state index in [0.717, 1.165) is 18.4 Å². The van der Waals surface area contributed by atoms with Crippen molar-refractivity contribution in [2.24, 2.45) is 11.7 Å². The third kappa shape index (κ3) is 7.63. The average molecular weight is 492 g/mol. The van der Waals surface area contributed by atoms with E-state index in [-0.39, 0.29) is 36.1 Å². The Morgan fingerprint density at radius 2 is 1.94 bits per heavy atom. The number of aryl methyl sites for hydroxylation is 1. The summed E-state index contributed by atoms with van der Waals surface area (Å²) in [6.07, 6.45) is 4.07. The summed E-state index contributed by atoms with van der Waals surface area (Å²) in [5.41, 5.74) is 6.47. The largest absolute Gasteiger partial charge is 0.492 e. The fourth-order valence-corrected chi connectivity index (χ4v) is 4.21. The van der Waals surface area contributed by atoms with Crippen molar-refractivity contribution in [3.8, 4) is 5.75 Å². The van der Waals surface area contributed by atoms with Crippen LogP contribution in [-0.4, -0.2) is 74.0 Å². The van der Waals surface area contributed by atoms with Gasteiger partial charge in [-0.05, 0) is 69.5 Å². The van der Waals surface area contributed by atoms with Crippen LogP contribution in [0.3, 0.4) is 0 Å². The molecule has 1 aliphatic heterocycles. The molecule has 1 saturated carbocycles. The summed E-state index contributed by atoms with van der Waals surface area (Å²) in [6, 6.07) is 2.53. The lowest BCUT2D eigenvalue weighted by Gasteiger charge is -2.30. The van der Waals surface area contributed by atoms with Crippen LogP contribution in [0.25, 0.3) is 0 Å². The number of amides is 3. The Morgan fingerprint density at radius 1 is 1.17 bits per heavy atom. The van der Waals surface area contributed by atoms with Crippen molar-refractivity contribution < 1.29 is 23.5 Å². The molecule has 1 heterocycles. The molecular weight excluding hydrogens is 453 g/mol. The first-order valence-electron chi connectivity index (χ1n) is 12.5. The number of halogens is 1. The molecule has 10 heteroatoms. The van der Waals surface area contributed by atoms with Gasteiger partial charge in [-0.2, -0.15) is 0 Å².